The van der Waals surface area contributed by atoms with Crippen molar-refractivity contribution < 1.29 is 14.4 Å². The molecular weight excluding hydrogens is 289 g/mol. The van der Waals surface area contributed by atoms with Crippen LogP contribution in [-0.2, 0) is 9.63 Å². The quantitative estimate of drug-likeness (QED) is 0.627. The lowest BCUT2D eigenvalue weighted by Crippen LogP contribution is -2.13. The van der Waals surface area contributed by atoms with Crippen LogP contribution in [0, 0.1) is 0 Å². The van der Waals surface area contributed by atoms with Crippen LogP contribution < -0.4 is 4.74 Å². The Morgan fingerprint density at radius 3 is 2.68 bits per heavy atom. The number of nitrogens with zero attached hydrogens (tertiary/aromatic N) is 1. The van der Waals surface area contributed by atoms with Gasteiger partial charge in [-0.3, -0.25) is 0 Å². The van der Waals surface area contributed by atoms with E-state index in [1.165, 1.54) is 0 Å². The Kier molecular flexibility index (Phi) is 5.05. The van der Waals surface area contributed by atoms with Gasteiger partial charge in [-0.2, -0.15) is 0 Å². The first-order valence-electron chi connectivity index (χ1n) is 5.98. The molecule has 0 heterocycles. The van der Waals surface area contributed by atoms with Crippen molar-refractivity contribution in [3.05, 3.63) is 28.2 Å². The predicted octanol–water partition coefficient (Wildman–Crippen LogP) is 3.85. The number of carbonyl (C=O) groups excluding carboxylic acids is 1. The normalized spacial score (nSPS) is 14.3. The van der Waals surface area contributed by atoms with Gasteiger partial charge >= 0.3 is 5.97 Å². The summed E-state index contributed by atoms with van der Waals surface area (Å²) < 4.78 is 5.23. The van der Waals surface area contributed by atoms with Crippen molar-refractivity contribution >= 4 is 34.9 Å². The first kappa shape index (κ1) is 14.2. The van der Waals surface area contributed by atoms with Gasteiger partial charge in [0.05, 0.1) is 10.7 Å². The number of rotatable bonds is 4. The molecule has 0 radical (unpaired) electrons. The van der Waals surface area contributed by atoms with Crippen molar-refractivity contribution in [2.45, 2.75) is 25.7 Å². The van der Waals surface area contributed by atoms with Gasteiger partial charge in [0.1, 0.15) is 5.75 Å². The van der Waals surface area contributed by atoms with E-state index in [4.69, 9.17) is 32.8 Å². The predicted molar refractivity (Wildman–Crippen MR) is 74.0 cm³/mol. The number of hydrogen-bond donors (Lipinski definition) is 0. The van der Waals surface area contributed by atoms with E-state index in [0.29, 0.717) is 15.8 Å². The minimum absolute atomic E-state index is 0.238. The van der Waals surface area contributed by atoms with Crippen molar-refractivity contribution in [3.63, 3.8) is 0 Å². The molecule has 0 bridgehead atoms. The van der Waals surface area contributed by atoms with Crippen molar-refractivity contribution in [2.75, 3.05) is 6.61 Å². The van der Waals surface area contributed by atoms with Gasteiger partial charge in [-0.1, -0.05) is 28.4 Å². The molecule has 4 nitrogen and oxygen atoms in total. The average Bonchev–Trinajstić information content (AvgIpc) is 2.88. The van der Waals surface area contributed by atoms with Gasteiger partial charge in [-0.25, -0.2) is 4.79 Å². The Hall–Kier alpha value is -1.26. The van der Waals surface area contributed by atoms with Crippen LogP contribution in [-0.4, -0.2) is 18.3 Å². The fourth-order valence-electron chi connectivity index (χ4n) is 1.75. The van der Waals surface area contributed by atoms with E-state index in [2.05, 4.69) is 5.16 Å². The Balaban J connectivity index is 1.81. The van der Waals surface area contributed by atoms with Crippen molar-refractivity contribution in [3.8, 4) is 5.75 Å². The van der Waals surface area contributed by atoms with Crippen molar-refractivity contribution in [2.24, 2.45) is 5.16 Å². The van der Waals surface area contributed by atoms with E-state index in [1.54, 1.807) is 18.2 Å². The highest BCUT2D eigenvalue weighted by Gasteiger charge is 2.11. The third-order valence-corrected chi connectivity index (χ3v) is 3.23. The van der Waals surface area contributed by atoms with Gasteiger partial charge in [-0.15, -0.1) is 0 Å². The first-order valence-corrected chi connectivity index (χ1v) is 6.74. The van der Waals surface area contributed by atoms with Crippen LogP contribution in [0.1, 0.15) is 25.7 Å². The second kappa shape index (κ2) is 6.78. The first-order chi connectivity index (χ1) is 9.15. The monoisotopic (exact) mass is 301 g/mol. The Bertz CT molecular complexity index is 495. The highest BCUT2D eigenvalue weighted by atomic mass is 35.5. The molecule has 0 aliphatic heterocycles. The van der Waals surface area contributed by atoms with Crippen LogP contribution in [0.2, 0.25) is 10.0 Å². The summed E-state index contributed by atoms with van der Waals surface area (Å²) in [5.41, 5.74) is 0.929. The summed E-state index contributed by atoms with van der Waals surface area (Å²) in [5, 5.41) is 4.66. The maximum atomic E-state index is 11.4. The topological polar surface area (TPSA) is 47.9 Å². The van der Waals surface area contributed by atoms with Gasteiger partial charge < -0.3 is 9.57 Å². The lowest BCUT2D eigenvalue weighted by molar-refractivity contribution is -0.146. The lowest BCUT2D eigenvalue weighted by Gasteiger charge is -2.06. The number of oxime groups is 1. The number of benzene rings is 1. The van der Waals surface area contributed by atoms with Gasteiger partial charge in [0, 0.05) is 5.02 Å². The van der Waals surface area contributed by atoms with Crippen LogP contribution in [0.3, 0.4) is 0 Å². The van der Waals surface area contributed by atoms with E-state index in [-0.39, 0.29) is 6.61 Å². The van der Waals surface area contributed by atoms with Crippen LogP contribution in [0.4, 0.5) is 0 Å². The van der Waals surface area contributed by atoms with E-state index in [9.17, 15) is 4.79 Å². The van der Waals surface area contributed by atoms with Crippen LogP contribution in [0.25, 0.3) is 0 Å². The molecule has 0 N–H and O–H groups in total. The molecule has 0 aromatic heterocycles. The third kappa shape index (κ3) is 4.40. The van der Waals surface area contributed by atoms with Crippen LogP contribution in [0.15, 0.2) is 23.4 Å². The van der Waals surface area contributed by atoms with Gasteiger partial charge in [0.2, 0.25) is 0 Å². The average molecular weight is 302 g/mol. The molecule has 102 valence electrons. The molecule has 0 saturated heterocycles. The summed E-state index contributed by atoms with van der Waals surface area (Å²) in [4.78, 5) is 16.2. The van der Waals surface area contributed by atoms with E-state index in [0.717, 1.165) is 31.4 Å². The third-order valence-electron chi connectivity index (χ3n) is 2.70. The standard InChI is InChI=1S/C13H13Cl2NO3/c14-9-5-6-12(11(15)7-9)18-8-13(17)19-16-10-3-1-2-4-10/h5-7H,1-4,8H2. The molecular formula is C13H13Cl2NO3. The molecule has 19 heavy (non-hydrogen) atoms. The van der Waals surface area contributed by atoms with E-state index >= 15 is 0 Å². The molecule has 0 amide bonds. The minimum atomic E-state index is -0.551. The van der Waals surface area contributed by atoms with E-state index in [1.807, 2.05) is 0 Å². The zero-order valence-electron chi connectivity index (χ0n) is 10.2. The fraction of sp³-hybridized carbons (Fsp3) is 0.385. The molecule has 0 atom stereocenters. The Morgan fingerprint density at radius 1 is 1.26 bits per heavy atom. The molecule has 1 aromatic rings. The summed E-state index contributed by atoms with van der Waals surface area (Å²) in [7, 11) is 0. The number of halogens is 2. The Labute approximate surface area is 121 Å². The van der Waals surface area contributed by atoms with Crippen LogP contribution >= 0.6 is 23.2 Å². The van der Waals surface area contributed by atoms with Crippen LogP contribution in [0.5, 0.6) is 5.75 Å². The van der Waals surface area contributed by atoms with Crippen molar-refractivity contribution in [1.82, 2.24) is 0 Å². The molecule has 1 aliphatic carbocycles. The highest BCUT2D eigenvalue weighted by molar-refractivity contribution is 6.35. The second-order valence-corrected chi connectivity index (χ2v) is 5.03. The zero-order valence-corrected chi connectivity index (χ0v) is 11.7. The molecule has 0 spiro atoms. The SMILES string of the molecule is O=C(COc1ccc(Cl)cc1Cl)ON=C1CCCC1. The number of carbonyl (C=O) groups is 1. The molecule has 2 rings (SSSR count). The van der Waals surface area contributed by atoms with Gasteiger partial charge in [0.15, 0.2) is 6.61 Å². The van der Waals surface area contributed by atoms with Gasteiger partial charge in [0.25, 0.3) is 0 Å². The second-order valence-electron chi connectivity index (χ2n) is 4.19. The summed E-state index contributed by atoms with van der Waals surface area (Å²) in [6.45, 7) is -0.238. The largest absolute Gasteiger partial charge is 0.480 e. The highest BCUT2D eigenvalue weighted by Crippen LogP contribution is 2.27. The fourth-order valence-corrected chi connectivity index (χ4v) is 2.21. The summed E-state index contributed by atoms with van der Waals surface area (Å²) >= 11 is 11.7. The Morgan fingerprint density at radius 2 is 2.00 bits per heavy atom. The molecule has 1 aliphatic rings. The lowest BCUT2D eigenvalue weighted by atomic mass is 10.3. The smallest absolute Gasteiger partial charge is 0.372 e. The maximum Gasteiger partial charge on any atom is 0.372 e. The van der Waals surface area contributed by atoms with E-state index < -0.39 is 5.97 Å². The minimum Gasteiger partial charge on any atom is -0.480 e. The molecule has 6 heteroatoms. The summed E-state index contributed by atoms with van der Waals surface area (Å²) in [6.07, 6.45) is 4.01. The zero-order chi connectivity index (χ0) is 13.7. The number of hydrogen-bond acceptors (Lipinski definition) is 4. The molecule has 1 aromatic carbocycles. The molecule has 0 unspecified atom stereocenters. The summed E-state index contributed by atoms with van der Waals surface area (Å²) in [5.74, 6) is -0.165. The molecule has 1 fully saturated rings. The summed E-state index contributed by atoms with van der Waals surface area (Å²) in [6, 6.07) is 4.77. The van der Waals surface area contributed by atoms with Crippen molar-refractivity contribution in [1.29, 1.82) is 0 Å². The van der Waals surface area contributed by atoms with Gasteiger partial charge in [-0.05, 0) is 43.9 Å². The number of ether oxygens (including phenoxy) is 1. The maximum absolute atomic E-state index is 11.4. The molecule has 1 saturated carbocycles.